The van der Waals surface area contributed by atoms with Crippen LogP contribution in [0.1, 0.15) is 20.7 Å². The smallest absolute Gasteiger partial charge is 0.337 e. The predicted molar refractivity (Wildman–Crippen MR) is 74.2 cm³/mol. The Hall–Kier alpha value is -2.08. The Kier molecular flexibility index (Phi) is 4.57. The minimum absolute atomic E-state index is 0.351. The topological polar surface area (TPSA) is 67.9 Å². The molecule has 0 spiro atoms. The first-order valence-corrected chi connectivity index (χ1v) is 6.43. The molecule has 1 aliphatic heterocycles. The van der Waals surface area contributed by atoms with Gasteiger partial charge in [0.25, 0.3) is 0 Å². The molecule has 1 N–H and O–H groups in total. The van der Waals surface area contributed by atoms with E-state index < -0.39 is 11.9 Å². The number of esters is 2. The molecule has 6 nitrogen and oxygen atoms in total. The van der Waals surface area contributed by atoms with Crippen molar-refractivity contribution in [3.05, 3.63) is 29.3 Å². The summed E-state index contributed by atoms with van der Waals surface area (Å²) in [6.07, 6.45) is 0. The zero-order chi connectivity index (χ0) is 14.5. The number of nitrogens with one attached hydrogen (secondary N) is 1. The Labute approximate surface area is 117 Å². The first-order chi connectivity index (χ1) is 9.65. The zero-order valence-electron chi connectivity index (χ0n) is 11.6. The molecule has 0 radical (unpaired) electrons. The first-order valence-electron chi connectivity index (χ1n) is 6.43. The minimum Gasteiger partial charge on any atom is -0.465 e. The van der Waals surface area contributed by atoms with Gasteiger partial charge in [-0.1, -0.05) is 0 Å². The van der Waals surface area contributed by atoms with Gasteiger partial charge in [-0.15, -0.1) is 0 Å². The molecular formula is C14H18N2O4. The molecule has 1 aliphatic rings. The number of hydrogen-bond acceptors (Lipinski definition) is 6. The maximum Gasteiger partial charge on any atom is 0.337 e. The summed E-state index contributed by atoms with van der Waals surface area (Å²) in [6, 6.07) is 4.97. The monoisotopic (exact) mass is 278 g/mol. The van der Waals surface area contributed by atoms with Gasteiger partial charge in [0.15, 0.2) is 0 Å². The molecular weight excluding hydrogens is 260 g/mol. The quantitative estimate of drug-likeness (QED) is 0.820. The van der Waals surface area contributed by atoms with E-state index in [2.05, 4.69) is 10.2 Å². The van der Waals surface area contributed by atoms with E-state index in [-0.39, 0.29) is 0 Å². The van der Waals surface area contributed by atoms with Crippen LogP contribution in [0.3, 0.4) is 0 Å². The van der Waals surface area contributed by atoms with Crippen LogP contribution in [-0.2, 0) is 9.47 Å². The largest absolute Gasteiger partial charge is 0.465 e. The second-order valence-corrected chi connectivity index (χ2v) is 4.49. The van der Waals surface area contributed by atoms with E-state index in [1.807, 2.05) is 0 Å². The lowest BCUT2D eigenvalue weighted by Crippen LogP contribution is -2.43. The average Bonchev–Trinajstić information content (AvgIpc) is 2.53. The molecule has 0 amide bonds. The summed E-state index contributed by atoms with van der Waals surface area (Å²) >= 11 is 0. The fraction of sp³-hybridized carbons (Fsp3) is 0.429. The van der Waals surface area contributed by atoms with Gasteiger partial charge in [0, 0.05) is 31.9 Å². The van der Waals surface area contributed by atoms with Gasteiger partial charge < -0.3 is 19.7 Å². The van der Waals surface area contributed by atoms with Crippen molar-refractivity contribution in [1.82, 2.24) is 5.32 Å². The number of ether oxygens (including phenoxy) is 2. The number of hydrogen-bond donors (Lipinski definition) is 1. The minimum atomic E-state index is -0.466. The highest BCUT2D eigenvalue weighted by molar-refractivity contribution is 5.97. The number of carbonyl (C=O) groups is 2. The first kappa shape index (κ1) is 14.3. The Balaban J connectivity index is 2.38. The van der Waals surface area contributed by atoms with Gasteiger partial charge in [-0.25, -0.2) is 9.59 Å². The highest BCUT2D eigenvalue weighted by Gasteiger charge is 2.17. The van der Waals surface area contributed by atoms with Crippen LogP contribution < -0.4 is 10.2 Å². The summed E-state index contributed by atoms with van der Waals surface area (Å²) < 4.78 is 9.45. The van der Waals surface area contributed by atoms with Gasteiger partial charge in [0.05, 0.1) is 25.3 Å². The molecule has 1 aromatic rings. The Morgan fingerprint density at radius 2 is 1.50 bits per heavy atom. The van der Waals surface area contributed by atoms with Crippen molar-refractivity contribution in [2.24, 2.45) is 0 Å². The van der Waals surface area contributed by atoms with E-state index in [1.165, 1.54) is 20.3 Å². The molecule has 6 heteroatoms. The average molecular weight is 278 g/mol. The molecule has 1 fully saturated rings. The molecule has 20 heavy (non-hydrogen) atoms. The van der Waals surface area contributed by atoms with Crippen LogP contribution in [0.15, 0.2) is 18.2 Å². The number of nitrogens with zero attached hydrogens (tertiary/aromatic N) is 1. The fourth-order valence-corrected chi connectivity index (χ4v) is 2.19. The highest BCUT2D eigenvalue weighted by atomic mass is 16.5. The van der Waals surface area contributed by atoms with Crippen LogP contribution in [0.2, 0.25) is 0 Å². The van der Waals surface area contributed by atoms with Crippen molar-refractivity contribution in [2.75, 3.05) is 45.3 Å². The zero-order valence-corrected chi connectivity index (χ0v) is 11.6. The lowest BCUT2D eigenvalue weighted by Gasteiger charge is -2.30. The van der Waals surface area contributed by atoms with Crippen molar-refractivity contribution in [3.63, 3.8) is 0 Å². The summed E-state index contributed by atoms with van der Waals surface area (Å²) in [5, 5.41) is 3.26. The van der Waals surface area contributed by atoms with E-state index in [0.717, 1.165) is 31.9 Å². The summed E-state index contributed by atoms with van der Waals surface area (Å²) in [4.78, 5) is 25.5. The maximum absolute atomic E-state index is 11.7. The van der Waals surface area contributed by atoms with Crippen LogP contribution in [0.5, 0.6) is 0 Å². The van der Waals surface area contributed by atoms with Gasteiger partial charge >= 0.3 is 11.9 Å². The van der Waals surface area contributed by atoms with Gasteiger partial charge in [0.2, 0.25) is 0 Å². The summed E-state index contributed by atoms with van der Waals surface area (Å²) in [5.41, 5.74) is 1.53. The molecule has 0 unspecified atom stereocenters. The standard InChI is InChI=1S/C14H18N2O4/c1-19-13(17)10-7-11(14(18)20-2)9-12(8-10)16-5-3-15-4-6-16/h7-9,15H,3-6H2,1-2H3. The van der Waals surface area contributed by atoms with Crippen LogP contribution >= 0.6 is 0 Å². The molecule has 1 heterocycles. The molecule has 108 valence electrons. The summed E-state index contributed by atoms with van der Waals surface area (Å²) in [6.45, 7) is 3.39. The summed E-state index contributed by atoms with van der Waals surface area (Å²) in [7, 11) is 2.63. The van der Waals surface area contributed by atoms with Crippen molar-refractivity contribution in [1.29, 1.82) is 0 Å². The normalized spacial score (nSPS) is 14.8. The van der Waals surface area contributed by atoms with E-state index in [9.17, 15) is 9.59 Å². The van der Waals surface area contributed by atoms with Gasteiger partial charge in [-0.2, -0.15) is 0 Å². The van der Waals surface area contributed by atoms with E-state index in [1.54, 1.807) is 12.1 Å². The molecule has 0 bridgehead atoms. The molecule has 0 aliphatic carbocycles. The molecule has 0 saturated carbocycles. The molecule has 2 rings (SSSR count). The third-order valence-corrected chi connectivity index (χ3v) is 3.24. The third-order valence-electron chi connectivity index (χ3n) is 3.24. The van der Waals surface area contributed by atoms with Gasteiger partial charge in [-0.3, -0.25) is 0 Å². The number of anilines is 1. The lowest BCUT2D eigenvalue weighted by molar-refractivity contribution is 0.0599. The predicted octanol–water partition coefficient (Wildman–Crippen LogP) is 0.669. The van der Waals surface area contributed by atoms with Crippen molar-refractivity contribution in [2.45, 2.75) is 0 Å². The number of rotatable bonds is 3. The van der Waals surface area contributed by atoms with E-state index >= 15 is 0 Å². The second-order valence-electron chi connectivity index (χ2n) is 4.49. The molecule has 1 saturated heterocycles. The number of piperazine rings is 1. The SMILES string of the molecule is COC(=O)c1cc(C(=O)OC)cc(N2CCNCC2)c1. The van der Waals surface area contributed by atoms with Crippen LogP contribution in [0, 0.1) is 0 Å². The van der Waals surface area contributed by atoms with Crippen LogP contribution in [0.4, 0.5) is 5.69 Å². The van der Waals surface area contributed by atoms with E-state index in [0.29, 0.717) is 11.1 Å². The lowest BCUT2D eigenvalue weighted by atomic mass is 10.1. The Morgan fingerprint density at radius 1 is 1.00 bits per heavy atom. The van der Waals surface area contributed by atoms with Crippen molar-refractivity contribution < 1.29 is 19.1 Å². The van der Waals surface area contributed by atoms with Crippen molar-refractivity contribution in [3.8, 4) is 0 Å². The van der Waals surface area contributed by atoms with Crippen LogP contribution in [0.25, 0.3) is 0 Å². The van der Waals surface area contributed by atoms with Gasteiger partial charge in [0.1, 0.15) is 0 Å². The van der Waals surface area contributed by atoms with E-state index in [4.69, 9.17) is 9.47 Å². The van der Waals surface area contributed by atoms with Crippen molar-refractivity contribution >= 4 is 17.6 Å². The molecule has 1 aromatic carbocycles. The Morgan fingerprint density at radius 3 is 1.95 bits per heavy atom. The number of benzene rings is 1. The molecule has 0 aromatic heterocycles. The second kappa shape index (κ2) is 6.38. The highest BCUT2D eigenvalue weighted by Crippen LogP contribution is 2.21. The maximum atomic E-state index is 11.7. The third kappa shape index (κ3) is 3.08. The molecule has 0 atom stereocenters. The fourth-order valence-electron chi connectivity index (χ4n) is 2.19. The number of carbonyl (C=O) groups excluding carboxylic acids is 2. The Bertz CT molecular complexity index is 476. The number of methoxy groups -OCH3 is 2. The van der Waals surface area contributed by atoms with Gasteiger partial charge in [-0.05, 0) is 18.2 Å². The summed E-state index contributed by atoms with van der Waals surface area (Å²) in [5.74, 6) is -0.931. The van der Waals surface area contributed by atoms with Crippen LogP contribution in [-0.4, -0.2) is 52.3 Å².